The number of methoxy groups -OCH3 is 1. The van der Waals surface area contributed by atoms with Crippen molar-refractivity contribution in [2.24, 2.45) is 0 Å². The highest BCUT2D eigenvalue weighted by molar-refractivity contribution is 6.17. The molecule has 20 heavy (non-hydrogen) atoms. The van der Waals surface area contributed by atoms with Crippen LogP contribution in [0.4, 0.5) is 0 Å². The summed E-state index contributed by atoms with van der Waals surface area (Å²) in [5, 5.41) is 0. The van der Waals surface area contributed by atoms with Crippen molar-refractivity contribution >= 4 is 11.6 Å². The second-order valence-corrected chi connectivity index (χ2v) is 4.98. The van der Waals surface area contributed by atoms with Crippen LogP contribution in [-0.2, 0) is 0 Å². The Bertz CT molecular complexity index is 567. The van der Waals surface area contributed by atoms with Crippen LogP contribution in [-0.4, -0.2) is 19.6 Å². The van der Waals surface area contributed by atoms with Gasteiger partial charge >= 0.3 is 0 Å². The molecule has 0 unspecified atom stereocenters. The number of hydrogen-bond donors (Lipinski definition) is 0. The van der Waals surface area contributed by atoms with Gasteiger partial charge in [0.15, 0.2) is 0 Å². The van der Waals surface area contributed by atoms with Gasteiger partial charge in [-0.25, -0.2) is 0 Å². The molecule has 2 rings (SSSR count). The molecule has 2 aromatic carbocycles. The van der Waals surface area contributed by atoms with Crippen LogP contribution in [0.2, 0.25) is 0 Å². The van der Waals surface area contributed by atoms with Gasteiger partial charge < -0.3 is 9.47 Å². The summed E-state index contributed by atoms with van der Waals surface area (Å²) in [6.45, 7) is 2.73. The maximum Gasteiger partial charge on any atom is 0.119 e. The third kappa shape index (κ3) is 3.67. The van der Waals surface area contributed by atoms with Crippen LogP contribution in [0.1, 0.15) is 12.0 Å². The minimum Gasteiger partial charge on any atom is -0.497 e. The van der Waals surface area contributed by atoms with Crippen molar-refractivity contribution in [3.05, 3.63) is 48.0 Å². The van der Waals surface area contributed by atoms with Gasteiger partial charge in [-0.1, -0.05) is 18.2 Å². The summed E-state index contributed by atoms with van der Waals surface area (Å²) in [5.41, 5.74) is 3.52. The predicted molar refractivity (Wildman–Crippen MR) is 84.0 cm³/mol. The summed E-state index contributed by atoms with van der Waals surface area (Å²) in [7, 11) is 1.68. The van der Waals surface area contributed by atoms with E-state index < -0.39 is 0 Å². The van der Waals surface area contributed by atoms with E-state index in [1.807, 2.05) is 24.3 Å². The lowest BCUT2D eigenvalue weighted by Crippen LogP contribution is -1.97. The van der Waals surface area contributed by atoms with Gasteiger partial charge in [0.05, 0.1) is 13.7 Å². The molecule has 0 aliphatic carbocycles. The first-order valence-corrected chi connectivity index (χ1v) is 7.22. The summed E-state index contributed by atoms with van der Waals surface area (Å²) < 4.78 is 10.9. The van der Waals surface area contributed by atoms with E-state index in [-0.39, 0.29) is 0 Å². The molecule has 0 heterocycles. The highest BCUT2D eigenvalue weighted by Crippen LogP contribution is 2.29. The van der Waals surface area contributed by atoms with Gasteiger partial charge in [0.1, 0.15) is 11.5 Å². The first kappa shape index (κ1) is 14.7. The average molecular weight is 291 g/mol. The number of ether oxygens (including phenoxy) is 2. The maximum atomic E-state index is 5.68. The first-order chi connectivity index (χ1) is 9.74. The molecule has 0 radical (unpaired) electrons. The summed E-state index contributed by atoms with van der Waals surface area (Å²) in [4.78, 5) is 0. The number of alkyl halides is 1. The molecule has 0 aliphatic rings. The zero-order valence-electron chi connectivity index (χ0n) is 11.9. The number of aryl methyl sites for hydroxylation is 1. The summed E-state index contributed by atoms with van der Waals surface area (Å²) in [6, 6.07) is 14.2. The van der Waals surface area contributed by atoms with Crippen molar-refractivity contribution in [3.8, 4) is 22.6 Å². The highest BCUT2D eigenvalue weighted by Gasteiger charge is 2.05. The number of rotatable bonds is 6. The first-order valence-electron chi connectivity index (χ1n) is 6.68. The summed E-state index contributed by atoms with van der Waals surface area (Å²) in [6.07, 6.45) is 0.855. The van der Waals surface area contributed by atoms with Crippen molar-refractivity contribution in [3.63, 3.8) is 0 Å². The third-order valence-electron chi connectivity index (χ3n) is 3.13. The Kier molecular flexibility index (Phi) is 5.31. The number of hydrogen-bond acceptors (Lipinski definition) is 2. The Hall–Kier alpha value is -1.67. The lowest BCUT2D eigenvalue weighted by Gasteiger charge is -2.10. The fourth-order valence-electron chi connectivity index (χ4n) is 2.09. The van der Waals surface area contributed by atoms with Crippen molar-refractivity contribution < 1.29 is 9.47 Å². The molecular formula is C17H19ClO2. The van der Waals surface area contributed by atoms with Crippen LogP contribution in [0.15, 0.2) is 42.5 Å². The lowest BCUT2D eigenvalue weighted by molar-refractivity contribution is 0.318. The van der Waals surface area contributed by atoms with E-state index in [0.717, 1.165) is 23.5 Å². The molecule has 106 valence electrons. The lowest BCUT2D eigenvalue weighted by atomic mass is 10.0. The van der Waals surface area contributed by atoms with Crippen LogP contribution in [0.25, 0.3) is 11.1 Å². The van der Waals surface area contributed by atoms with Gasteiger partial charge in [0.2, 0.25) is 0 Å². The van der Waals surface area contributed by atoms with Crippen LogP contribution in [0.3, 0.4) is 0 Å². The van der Waals surface area contributed by atoms with Crippen LogP contribution in [0.5, 0.6) is 11.5 Å². The van der Waals surface area contributed by atoms with Crippen molar-refractivity contribution in [2.75, 3.05) is 19.6 Å². The maximum absolute atomic E-state index is 5.68. The Labute approximate surface area is 125 Å². The largest absolute Gasteiger partial charge is 0.497 e. The van der Waals surface area contributed by atoms with Gasteiger partial charge in [-0.3, -0.25) is 0 Å². The zero-order chi connectivity index (χ0) is 14.4. The molecule has 0 saturated heterocycles. The monoisotopic (exact) mass is 290 g/mol. The quantitative estimate of drug-likeness (QED) is 0.568. The van der Waals surface area contributed by atoms with E-state index in [4.69, 9.17) is 21.1 Å². The van der Waals surface area contributed by atoms with Crippen LogP contribution in [0, 0.1) is 6.92 Å². The standard InChI is InChI=1S/C17H19ClO2/c1-13-11-15(19-2)7-8-17(13)14-5-3-6-16(12-14)20-10-4-9-18/h3,5-8,11-12H,4,9-10H2,1-2H3. The second-order valence-electron chi connectivity index (χ2n) is 4.60. The molecule has 0 bridgehead atoms. The minimum absolute atomic E-state index is 0.622. The fourth-order valence-corrected chi connectivity index (χ4v) is 2.19. The topological polar surface area (TPSA) is 18.5 Å². The second kappa shape index (κ2) is 7.20. The Morgan fingerprint density at radius 3 is 2.60 bits per heavy atom. The van der Waals surface area contributed by atoms with Gasteiger partial charge in [-0.05, 0) is 54.3 Å². The summed E-state index contributed by atoms with van der Waals surface area (Å²) in [5.74, 6) is 2.38. The van der Waals surface area contributed by atoms with Gasteiger partial charge in [-0.15, -0.1) is 11.6 Å². The fraction of sp³-hybridized carbons (Fsp3) is 0.294. The molecule has 0 N–H and O–H groups in total. The van der Waals surface area contributed by atoms with E-state index in [9.17, 15) is 0 Å². The normalized spacial score (nSPS) is 10.3. The Balaban J connectivity index is 2.22. The molecule has 0 saturated carbocycles. The molecule has 0 amide bonds. The van der Waals surface area contributed by atoms with Crippen LogP contribution >= 0.6 is 11.6 Å². The van der Waals surface area contributed by atoms with Crippen molar-refractivity contribution in [2.45, 2.75) is 13.3 Å². The van der Waals surface area contributed by atoms with Crippen LogP contribution < -0.4 is 9.47 Å². The smallest absolute Gasteiger partial charge is 0.119 e. The molecule has 0 spiro atoms. The zero-order valence-corrected chi connectivity index (χ0v) is 12.6. The van der Waals surface area contributed by atoms with E-state index in [0.29, 0.717) is 12.5 Å². The third-order valence-corrected chi connectivity index (χ3v) is 3.39. The van der Waals surface area contributed by atoms with E-state index >= 15 is 0 Å². The number of halogens is 1. The van der Waals surface area contributed by atoms with E-state index in [1.165, 1.54) is 11.1 Å². The molecule has 0 fully saturated rings. The minimum atomic E-state index is 0.622. The molecule has 0 atom stereocenters. The summed E-state index contributed by atoms with van der Waals surface area (Å²) >= 11 is 5.65. The van der Waals surface area contributed by atoms with E-state index in [2.05, 4.69) is 25.1 Å². The Morgan fingerprint density at radius 2 is 1.90 bits per heavy atom. The molecule has 0 aromatic heterocycles. The molecule has 2 nitrogen and oxygen atoms in total. The van der Waals surface area contributed by atoms with Gasteiger partial charge in [0.25, 0.3) is 0 Å². The molecule has 0 aliphatic heterocycles. The van der Waals surface area contributed by atoms with E-state index in [1.54, 1.807) is 7.11 Å². The van der Waals surface area contributed by atoms with Crippen molar-refractivity contribution in [1.82, 2.24) is 0 Å². The molecule has 2 aromatic rings. The molecule has 3 heteroatoms. The SMILES string of the molecule is COc1ccc(-c2cccc(OCCCCl)c2)c(C)c1. The van der Waals surface area contributed by atoms with Crippen molar-refractivity contribution in [1.29, 1.82) is 0 Å². The van der Waals surface area contributed by atoms with Gasteiger partial charge in [-0.2, -0.15) is 0 Å². The highest BCUT2D eigenvalue weighted by atomic mass is 35.5. The predicted octanol–water partition coefficient (Wildman–Crippen LogP) is 4.68. The number of benzene rings is 2. The molecular weight excluding hydrogens is 272 g/mol. The van der Waals surface area contributed by atoms with Gasteiger partial charge in [0, 0.05) is 5.88 Å². The average Bonchev–Trinajstić information content (AvgIpc) is 2.47. The Morgan fingerprint density at radius 1 is 1.05 bits per heavy atom.